The number of alkyl halides is 3. The minimum Gasteiger partial charge on any atom is -0.324 e. The van der Waals surface area contributed by atoms with Gasteiger partial charge in [-0.25, -0.2) is 0 Å². The minimum absolute atomic E-state index is 0.00437. The SMILES string of the molecule is CN1CCCC(C(=O)Nc2cc(C(F)(F)F)ccc2Cl)C1. The molecule has 0 spiro atoms. The molecule has 0 radical (unpaired) electrons. The van der Waals surface area contributed by atoms with Crippen LogP contribution in [-0.2, 0) is 11.0 Å². The molecular weight excluding hydrogens is 305 g/mol. The van der Waals surface area contributed by atoms with Crippen molar-refractivity contribution in [3.63, 3.8) is 0 Å². The number of carbonyl (C=O) groups is 1. The number of rotatable bonds is 2. The number of carbonyl (C=O) groups excluding carboxylic acids is 1. The van der Waals surface area contributed by atoms with Crippen LogP contribution >= 0.6 is 11.6 Å². The summed E-state index contributed by atoms with van der Waals surface area (Å²) in [6.45, 7) is 1.52. The van der Waals surface area contributed by atoms with Gasteiger partial charge in [-0.2, -0.15) is 13.2 Å². The Balaban J connectivity index is 2.13. The summed E-state index contributed by atoms with van der Waals surface area (Å²) in [4.78, 5) is 14.2. The van der Waals surface area contributed by atoms with Gasteiger partial charge in [0.25, 0.3) is 0 Å². The molecule has 1 saturated heterocycles. The van der Waals surface area contributed by atoms with E-state index in [1.807, 2.05) is 11.9 Å². The summed E-state index contributed by atoms with van der Waals surface area (Å²) < 4.78 is 38.0. The van der Waals surface area contributed by atoms with Gasteiger partial charge >= 0.3 is 6.18 Å². The topological polar surface area (TPSA) is 32.3 Å². The van der Waals surface area contributed by atoms with Crippen LogP contribution in [0.2, 0.25) is 5.02 Å². The molecule has 0 aromatic heterocycles. The van der Waals surface area contributed by atoms with Gasteiger partial charge in [0, 0.05) is 6.54 Å². The van der Waals surface area contributed by atoms with Gasteiger partial charge in [0.15, 0.2) is 0 Å². The zero-order chi connectivity index (χ0) is 15.6. The summed E-state index contributed by atoms with van der Waals surface area (Å²) in [5.74, 6) is -0.517. The summed E-state index contributed by atoms with van der Waals surface area (Å²) in [6.07, 6.45) is -2.84. The second-order valence-corrected chi connectivity index (χ2v) is 5.69. The third kappa shape index (κ3) is 4.11. The number of halogens is 4. The summed E-state index contributed by atoms with van der Waals surface area (Å²) in [5, 5.41) is 2.61. The number of nitrogens with zero attached hydrogens (tertiary/aromatic N) is 1. The fourth-order valence-corrected chi connectivity index (χ4v) is 2.58. The van der Waals surface area contributed by atoms with Gasteiger partial charge in [0.1, 0.15) is 0 Å². The van der Waals surface area contributed by atoms with Crippen LogP contribution in [0.3, 0.4) is 0 Å². The van der Waals surface area contributed by atoms with Gasteiger partial charge in [-0.15, -0.1) is 0 Å². The number of hydrogen-bond donors (Lipinski definition) is 1. The van der Waals surface area contributed by atoms with E-state index in [-0.39, 0.29) is 22.5 Å². The van der Waals surface area contributed by atoms with Crippen LogP contribution < -0.4 is 5.32 Å². The molecule has 1 unspecified atom stereocenters. The Morgan fingerprint density at radius 2 is 2.14 bits per heavy atom. The molecule has 1 aliphatic heterocycles. The summed E-state index contributed by atoms with van der Waals surface area (Å²) in [7, 11) is 1.91. The molecule has 1 heterocycles. The molecule has 2 rings (SSSR count). The summed E-state index contributed by atoms with van der Waals surface area (Å²) in [6, 6.07) is 2.91. The Bertz CT molecular complexity index is 533. The first-order chi connectivity index (χ1) is 9.77. The van der Waals surface area contributed by atoms with E-state index >= 15 is 0 Å². The molecule has 3 nitrogen and oxygen atoms in total. The van der Waals surface area contributed by atoms with Crippen LogP contribution in [0.1, 0.15) is 18.4 Å². The number of nitrogens with one attached hydrogen (secondary N) is 1. The van der Waals surface area contributed by atoms with E-state index in [9.17, 15) is 18.0 Å². The second-order valence-electron chi connectivity index (χ2n) is 5.28. The number of benzene rings is 1. The van der Waals surface area contributed by atoms with Gasteiger partial charge in [0.05, 0.1) is 22.2 Å². The highest BCUT2D eigenvalue weighted by Gasteiger charge is 2.31. The number of hydrogen-bond acceptors (Lipinski definition) is 2. The number of likely N-dealkylation sites (tertiary alicyclic amines) is 1. The largest absolute Gasteiger partial charge is 0.416 e. The van der Waals surface area contributed by atoms with Crippen molar-refractivity contribution in [3.05, 3.63) is 28.8 Å². The Kier molecular flexibility index (Phi) is 4.78. The summed E-state index contributed by atoms with van der Waals surface area (Å²) in [5.41, 5.74) is -0.826. The lowest BCUT2D eigenvalue weighted by atomic mass is 9.97. The molecule has 0 aliphatic carbocycles. The van der Waals surface area contributed by atoms with Crippen molar-refractivity contribution < 1.29 is 18.0 Å². The molecule has 0 bridgehead atoms. The normalized spacial score (nSPS) is 20.3. The van der Waals surface area contributed by atoms with Crippen LogP contribution in [0.15, 0.2) is 18.2 Å². The van der Waals surface area contributed by atoms with Crippen LogP contribution in [-0.4, -0.2) is 30.9 Å². The van der Waals surface area contributed by atoms with E-state index in [1.165, 1.54) is 0 Å². The van der Waals surface area contributed by atoms with Crippen LogP contribution in [0, 0.1) is 5.92 Å². The Morgan fingerprint density at radius 3 is 2.76 bits per heavy atom. The summed E-state index contributed by atoms with van der Waals surface area (Å²) >= 11 is 5.87. The Labute approximate surface area is 126 Å². The average molecular weight is 321 g/mol. The van der Waals surface area contributed by atoms with Crippen molar-refractivity contribution in [3.8, 4) is 0 Å². The van der Waals surface area contributed by atoms with Crippen molar-refractivity contribution in [2.24, 2.45) is 5.92 Å². The third-order valence-electron chi connectivity index (χ3n) is 3.55. The third-order valence-corrected chi connectivity index (χ3v) is 3.88. The fourth-order valence-electron chi connectivity index (χ4n) is 2.41. The first-order valence-corrected chi connectivity index (χ1v) is 7.01. The zero-order valence-electron chi connectivity index (χ0n) is 11.5. The highest BCUT2D eigenvalue weighted by atomic mass is 35.5. The maximum atomic E-state index is 12.7. The van der Waals surface area contributed by atoms with Gasteiger partial charge in [-0.05, 0) is 44.6 Å². The molecule has 1 aliphatic rings. The Hall–Kier alpha value is -1.27. The smallest absolute Gasteiger partial charge is 0.324 e. The highest BCUT2D eigenvalue weighted by Crippen LogP contribution is 2.34. The van der Waals surface area contributed by atoms with Gasteiger partial charge in [0.2, 0.25) is 5.91 Å². The lowest BCUT2D eigenvalue weighted by Gasteiger charge is -2.28. The van der Waals surface area contributed by atoms with Crippen molar-refractivity contribution in [2.75, 3.05) is 25.5 Å². The first-order valence-electron chi connectivity index (χ1n) is 6.63. The highest BCUT2D eigenvalue weighted by molar-refractivity contribution is 6.33. The monoisotopic (exact) mass is 320 g/mol. The molecule has 116 valence electrons. The van der Waals surface area contributed by atoms with E-state index < -0.39 is 11.7 Å². The average Bonchev–Trinajstić information content (AvgIpc) is 2.40. The molecule has 1 N–H and O–H groups in total. The minimum atomic E-state index is -4.46. The molecule has 0 saturated carbocycles. The van der Waals surface area contributed by atoms with Crippen LogP contribution in [0.25, 0.3) is 0 Å². The van der Waals surface area contributed by atoms with E-state index in [0.717, 1.165) is 37.6 Å². The standard InChI is InChI=1S/C14H16ClF3N2O/c1-20-6-2-3-9(8-20)13(21)19-12-7-10(14(16,17)18)4-5-11(12)15/h4-5,7,9H,2-3,6,8H2,1H3,(H,19,21). The molecule has 7 heteroatoms. The van der Waals surface area contributed by atoms with Crippen LogP contribution in [0.4, 0.5) is 18.9 Å². The maximum Gasteiger partial charge on any atom is 0.416 e. The number of piperidine rings is 1. The molecule has 1 amide bonds. The molecule has 1 aromatic rings. The van der Waals surface area contributed by atoms with E-state index in [1.54, 1.807) is 0 Å². The van der Waals surface area contributed by atoms with Crippen LogP contribution in [0.5, 0.6) is 0 Å². The van der Waals surface area contributed by atoms with Crippen molar-refractivity contribution in [1.82, 2.24) is 4.90 Å². The van der Waals surface area contributed by atoms with Gasteiger partial charge in [-0.3, -0.25) is 4.79 Å². The molecule has 1 aromatic carbocycles. The van der Waals surface area contributed by atoms with E-state index in [0.29, 0.717) is 6.54 Å². The second kappa shape index (κ2) is 6.23. The van der Waals surface area contributed by atoms with Crippen molar-refractivity contribution >= 4 is 23.2 Å². The zero-order valence-corrected chi connectivity index (χ0v) is 12.3. The van der Waals surface area contributed by atoms with Gasteiger partial charge < -0.3 is 10.2 Å². The predicted octanol–water partition coefficient (Wildman–Crippen LogP) is 3.64. The number of amides is 1. The lowest BCUT2D eigenvalue weighted by Crippen LogP contribution is -2.38. The van der Waals surface area contributed by atoms with E-state index in [2.05, 4.69) is 5.32 Å². The van der Waals surface area contributed by atoms with Crippen molar-refractivity contribution in [1.29, 1.82) is 0 Å². The number of anilines is 1. The molecular formula is C14H16ClF3N2O. The lowest BCUT2D eigenvalue weighted by molar-refractivity contribution is -0.137. The molecule has 1 atom stereocenters. The first kappa shape index (κ1) is 16.1. The molecule has 21 heavy (non-hydrogen) atoms. The Morgan fingerprint density at radius 1 is 1.43 bits per heavy atom. The maximum absolute atomic E-state index is 12.7. The quantitative estimate of drug-likeness (QED) is 0.902. The van der Waals surface area contributed by atoms with Gasteiger partial charge in [-0.1, -0.05) is 11.6 Å². The van der Waals surface area contributed by atoms with E-state index in [4.69, 9.17) is 11.6 Å². The fraction of sp³-hybridized carbons (Fsp3) is 0.500. The molecule has 1 fully saturated rings. The predicted molar refractivity (Wildman–Crippen MR) is 75.3 cm³/mol. The van der Waals surface area contributed by atoms with Crippen molar-refractivity contribution in [2.45, 2.75) is 19.0 Å².